The normalized spacial score (nSPS) is 37.9. The van der Waals surface area contributed by atoms with Gasteiger partial charge >= 0.3 is 17.9 Å². The molecule has 7 unspecified atom stereocenters. The fraction of sp³-hybridized carbons (Fsp3) is 0.769. The van der Waals surface area contributed by atoms with Crippen LogP contribution in [-0.4, -0.2) is 42.0 Å². The van der Waals surface area contributed by atoms with Crippen LogP contribution < -0.4 is 0 Å². The van der Waals surface area contributed by atoms with Crippen LogP contribution in [0.4, 0.5) is 0 Å². The number of carbonyl (C=O) groups is 4. The standard InChI is InChI=1S/C26H38O7/c1-13-9-10-18-22(31-15(3)27)19-11-20(30)14(2)21(25(19,6)7)23(32-16(4)28)24(33-17(5)29)26(18,8)12-13/h13,18-19,22-24H,9-12H2,1-8H3. The first kappa shape index (κ1) is 25.4. The molecule has 0 saturated heterocycles. The second kappa shape index (κ2) is 8.88. The zero-order valence-corrected chi connectivity index (χ0v) is 21.2. The summed E-state index contributed by atoms with van der Waals surface area (Å²) in [6.45, 7) is 14.1. The fourth-order valence-corrected chi connectivity index (χ4v) is 7.02. The lowest BCUT2D eigenvalue weighted by Gasteiger charge is -2.59. The van der Waals surface area contributed by atoms with Crippen molar-refractivity contribution < 1.29 is 33.4 Å². The first-order valence-corrected chi connectivity index (χ1v) is 12.0. The van der Waals surface area contributed by atoms with Gasteiger partial charge in [-0.3, -0.25) is 19.2 Å². The van der Waals surface area contributed by atoms with Gasteiger partial charge in [0.25, 0.3) is 0 Å². The van der Waals surface area contributed by atoms with Crippen LogP contribution in [0.15, 0.2) is 11.1 Å². The Labute approximate surface area is 196 Å². The monoisotopic (exact) mass is 462 g/mol. The number of esters is 3. The fourth-order valence-electron chi connectivity index (χ4n) is 7.02. The smallest absolute Gasteiger partial charge is 0.303 e. The molecule has 2 saturated carbocycles. The molecule has 3 rings (SSSR count). The maximum absolute atomic E-state index is 13.2. The average Bonchev–Trinajstić information content (AvgIpc) is 2.65. The van der Waals surface area contributed by atoms with Crippen LogP contribution in [0.2, 0.25) is 0 Å². The van der Waals surface area contributed by atoms with Gasteiger partial charge in [-0.2, -0.15) is 0 Å². The Morgan fingerprint density at radius 2 is 1.45 bits per heavy atom. The van der Waals surface area contributed by atoms with Crippen molar-refractivity contribution in [2.45, 2.75) is 99.4 Å². The molecule has 0 radical (unpaired) electrons. The van der Waals surface area contributed by atoms with Gasteiger partial charge in [0.15, 0.2) is 11.9 Å². The molecular weight excluding hydrogens is 424 g/mol. The van der Waals surface area contributed by atoms with Gasteiger partial charge < -0.3 is 14.2 Å². The van der Waals surface area contributed by atoms with E-state index in [1.807, 2.05) is 13.8 Å². The summed E-state index contributed by atoms with van der Waals surface area (Å²) in [6.07, 6.45) is 0.472. The highest BCUT2D eigenvalue weighted by Gasteiger charge is 2.62. The molecule has 184 valence electrons. The third kappa shape index (κ3) is 4.47. The van der Waals surface area contributed by atoms with Crippen molar-refractivity contribution in [2.75, 3.05) is 0 Å². The summed E-state index contributed by atoms with van der Waals surface area (Å²) in [7, 11) is 0. The van der Waals surface area contributed by atoms with Gasteiger partial charge in [0.2, 0.25) is 0 Å². The van der Waals surface area contributed by atoms with Crippen molar-refractivity contribution >= 4 is 23.7 Å². The van der Waals surface area contributed by atoms with E-state index in [0.29, 0.717) is 17.1 Å². The third-order valence-electron chi connectivity index (χ3n) is 8.35. The molecule has 2 fully saturated rings. The van der Waals surface area contributed by atoms with Crippen molar-refractivity contribution in [3.05, 3.63) is 11.1 Å². The predicted molar refractivity (Wildman–Crippen MR) is 121 cm³/mol. The zero-order chi connectivity index (χ0) is 24.9. The quantitative estimate of drug-likeness (QED) is 0.459. The molecule has 7 atom stereocenters. The molecule has 0 heterocycles. The maximum atomic E-state index is 13.2. The minimum atomic E-state index is -0.885. The SMILES string of the molecule is CC(=O)OC1C2=C(C)C(=O)CC(C(OC(C)=O)C3CCC(C)CC3(C)C1OC(C)=O)C2(C)C. The van der Waals surface area contributed by atoms with Crippen LogP contribution in [0.25, 0.3) is 0 Å². The number of allylic oxidation sites excluding steroid dienone is 1. The summed E-state index contributed by atoms with van der Waals surface area (Å²) in [4.78, 5) is 50.1. The van der Waals surface area contributed by atoms with E-state index in [9.17, 15) is 19.2 Å². The number of Topliss-reactive ketones (excluding diaryl/α,β-unsaturated/α-hetero) is 1. The number of ether oxygens (including phenoxy) is 3. The molecule has 33 heavy (non-hydrogen) atoms. The van der Waals surface area contributed by atoms with E-state index < -0.39 is 47.0 Å². The minimum Gasteiger partial charge on any atom is -0.462 e. The van der Waals surface area contributed by atoms with Crippen LogP contribution in [-0.2, 0) is 33.4 Å². The van der Waals surface area contributed by atoms with Crippen molar-refractivity contribution in [3.63, 3.8) is 0 Å². The predicted octanol–water partition coefficient (Wildman–Crippen LogP) is 4.17. The Bertz CT molecular complexity index is 885. The summed E-state index contributed by atoms with van der Waals surface area (Å²) in [5.41, 5.74) is -0.0435. The molecule has 0 aromatic carbocycles. The van der Waals surface area contributed by atoms with E-state index in [2.05, 4.69) is 13.8 Å². The van der Waals surface area contributed by atoms with Crippen LogP contribution in [0.3, 0.4) is 0 Å². The second-order valence-corrected chi connectivity index (χ2v) is 11.1. The van der Waals surface area contributed by atoms with E-state index in [4.69, 9.17) is 14.2 Å². The van der Waals surface area contributed by atoms with Crippen LogP contribution in [0.5, 0.6) is 0 Å². The lowest BCUT2D eigenvalue weighted by molar-refractivity contribution is -0.207. The maximum Gasteiger partial charge on any atom is 0.303 e. The summed E-state index contributed by atoms with van der Waals surface area (Å²) >= 11 is 0. The van der Waals surface area contributed by atoms with Gasteiger partial charge in [-0.15, -0.1) is 0 Å². The Hall–Kier alpha value is -2.18. The van der Waals surface area contributed by atoms with Crippen molar-refractivity contribution in [2.24, 2.45) is 28.6 Å². The molecule has 3 aliphatic carbocycles. The topological polar surface area (TPSA) is 96.0 Å². The lowest BCUT2D eigenvalue weighted by Crippen LogP contribution is -2.63. The Morgan fingerprint density at radius 1 is 0.879 bits per heavy atom. The van der Waals surface area contributed by atoms with Gasteiger partial charge in [-0.1, -0.05) is 34.1 Å². The van der Waals surface area contributed by atoms with Crippen LogP contribution in [0, 0.1) is 28.6 Å². The van der Waals surface area contributed by atoms with Crippen molar-refractivity contribution in [1.29, 1.82) is 0 Å². The van der Waals surface area contributed by atoms with E-state index >= 15 is 0 Å². The highest BCUT2D eigenvalue weighted by Crippen LogP contribution is 2.60. The number of fused-ring (bicyclic) bond motifs is 3. The summed E-state index contributed by atoms with van der Waals surface area (Å²) in [6, 6.07) is 0. The summed E-state index contributed by atoms with van der Waals surface area (Å²) in [5, 5.41) is 0. The number of hydrogen-bond acceptors (Lipinski definition) is 7. The van der Waals surface area contributed by atoms with E-state index in [1.165, 1.54) is 20.8 Å². The highest BCUT2D eigenvalue weighted by atomic mass is 16.6. The summed E-state index contributed by atoms with van der Waals surface area (Å²) < 4.78 is 17.9. The molecule has 7 nitrogen and oxygen atoms in total. The molecular formula is C26H38O7. The Morgan fingerprint density at radius 3 is 2.00 bits per heavy atom. The van der Waals surface area contributed by atoms with Gasteiger partial charge in [-0.05, 0) is 42.2 Å². The molecule has 0 spiro atoms. The van der Waals surface area contributed by atoms with E-state index in [1.54, 1.807) is 6.92 Å². The van der Waals surface area contributed by atoms with Gasteiger partial charge in [0.1, 0.15) is 12.2 Å². The molecule has 0 aromatic heterocycles. The van der Waals surface area contributed by atoms with Crippen LogP contribution in [0.1, 0.15) is 81.1 Å². The van der Waals surface area contributed by atoms with E-state index in [-0.39, 0.29) is 24.0 Å². The molecule has 0 aromatic rings. The molecule has 0 amide bonds. The number of hydrogen-bond donors (Lipinski definition) is 0. The number of rotatable bonds is 3. The second-order valence-electron chi connectivity index (χ2n) is 11.1. The first-order chi connectivity index (χ1) is 15.2. The number of ketones is 1. The van der Waals surface area contributed by atoms with E-state index in [0.717, 1.165) is 19.3 Å². The lowest BCUT2D eigenvalue weighted by atomic mass is 9.49. The zero-order valence-electron chi connectivity index (χ0n) is 21.2. The molecule has 2 bridgehead atoms. The third-order valence-corrected chi connectivity index (χ3v) is 8.35. The Balaban J connectivity index is 2.36. The molecule has 7 heteroatoms. The van der Waals surface area contributed by atoms with Crippen LogP contribution >= 0.6 is 0 Å². The van der Waals surface area contributed by atoms with Gasteiger partial charge in [-0.25, -0.2) is 0 Å². The van der Waals surface area contributed by atoms with Crippen molar-refractivity contribution in [3.8, 4) is 0 Å². The highest BCUT2D eigenvalue weighted by molar-refractivity contribution is 5.97. The molecule has 0 aliphatic heterocycles. The first-order valence-electron chi connectivity index (χ1n) is 12.0. The Kier molecular flexibility index (Phi) is 6.84. The number of carbonyl (C=O) groups excluding carboxylic acids is 4. The molecule has 0 N–H and O–H groups in total. The average molecular weight is 463 g/mol. The minimum absolute atomic E-state index is 0.0574. The van der Waals surface area contributed by atoms with Crippen molar-refractivity contribution in [1.82, 2.24) is 0 Å². The van der Waals surface area contributed by atoms with Gasteiger partial charge in [0.05, 0.1) is 0 Å². The molecule has 3 aliphatic rings. The summed E-state index contributed by atoms with van der Waals surface area (Å²) in [5.74, 6) is -1.50. The largest absolute Gasteiger partial charge is 0.462 e. The van der Waals surface area contributed by atoms with Gasteiger partial charge in [0, 0.05) is 44.4 Å².